The van der Waals surface area contributed by atoms with Crippen LogP contribution in [-0.2, 0) is 9.53 Å². The van der Waals surface area contributed by atoms with Gasteiger partial charge in [0.2, 0.25) is 0 Å². The van der Waals surface area contributed by atoms with Crippen molar-refractivity contribution in [3.05, 3.63) is 0 Å². The minimum absolute atomic E-state index is 0.182. The lowest BCUT2D eigenvalue weighted by atomic mass is 10.4. The molecule has 0 aromatic carbocycles. The van der Waals surface area contributed by atoms with E-state index in [0.29, 0.717) is 6.42 Å². The summed E-state index contributed by atoms with van der Waals surface area (Å²) in [6.45, 7) is 1.07. The number of hydrogen-bond donors (Lipinski definition) is 0. The van der Waals surface area contributed by atoms with E-state index in [0.717, 1.165) is 0 Å². The fourth-order valence-corrected chi connectivity index (χ4v) is 0.391. The van der Waals surface area contributed by atoms with Crippen LogP contribution in [0, 0.1) is 0 Å². The van der Waals surface area contributed by atoms with E-state index in [-0.39, 0.29) is 6.61 Å². The van der Waals surface area contributed by atoms with Crippen molar-refractivity contribution in [3.8, 4) is 0 Å². The summed E-state index contributed by atoms with van der Waals surface area (Å²) in [6.07, 6.45) is -4.15. The average Bonchev–Trinajstić information content (AvgIpc) is 1.86. The molecule has 0 radical (unpaired) electrons. The lowest BCUT2D eigenvalue weighted by Crippen LogP contribution is -2.27. The Labute approximate surface area is 62.3 Å². The number of rotatable bonds is 4. The van der Waals surface area contributed by atoms with Crippen LogP contribution < -0.4 is 0 Å². The second-order valence-electron chi connectivity index (χ2n) is 1.97. The predicted octanol–water partition coefficient (Wildman–Crippen LogP) is 1.54. The molecule has 0 aliphatic carbocycles. The third kappa shape index (κ3) is 4.78. The number of carbonyl (C=O) groups is 1. The van der Waals surface area contributed by atoms with Crippen molar-refractivity contribution in [2.45, 2.75) is 19.5 Å². The van der Waals surface area contributed by atoms with Crippen molar-refractivity contribution in [2.75, 3.05) is 13.2 Å². The summed E-state index contributed by atoms with van der Waals surface area (Å²) < 4.78 is 38.7. The topological polar surface area (TPSA) is 26.3 Å². The quantitative estimate of drug-likeness (QED) is 0.598. The largest absolute Gasteiger partial charge is 0.452 e. The van der Waals surface area contributed by atoms with E-state index in [1.165, 1.54) is 0 Å². The van der Waals surface area contributed by atoms with Crippen LogP contribution >= 0.6 is 0 Å². The number of Topliss-reactive ketones (excluding diaryl/α,β-unsaturated/α-hetero) is 1. The highest BCUT2D eigenvalue weighted by Gasteiger charge is 2.37. The Morgan fingerprint density at radius 3 is 2.36 bits per heavy atom. The molecule has 0 unspecified atom stereocenters. The molecule has 0 bridgehead atoms. The molecule has 0 N–H and O–H groups in total. The molecule has 2 nitrogen and oxygen atoms in total. The van der Waals surface area contributed by atoms with Crippen molar-refractivity contribution < 1.29 is 22.7 Å². The molecule has 0 aliphatic rings. The normalized spacial score (nSPS) is 11.6. The van der Waals surface area contributed by atoms with Crippen molar-refractivity contribution in [1.29, 1.82) is 0 Å². The van der Waals surface area contributed by atoms with E-state index in [2.05, 4.69) is 4.74 Å². The molecule has 66 valence electrons. The lowest BCUT2D eigenvalue weighted by molar-refractivity contribution is -0.175. The molecule has 0 rings (SSSR count). The van der Waals surface area contributed by atoms with Gasteiger partial charge in [-0.15, -0.1) is 0 Å². The van der Waals surface area contributed by atoms with Gasteiger partial charge in [-0.1, -0.05) is 6.92 Å². The van der Waals surface area contributed by atoms with Gasteiger partial charge in [-0.05, 0) is 6.42 Å². The van der Waals surface area contributed by atoms with Gasteiger partial charge < -0.3 is 4.74 Å². The van der Waals surface area contributed by atoms with Crippen molar-refractivity contribution in [3.63, 3.8) is 0 Å². The Morgan fingerprint density at radius 2 is 2.00 bits per heavy atom. The minimum Gasteiger partial charge on any atom is -0.373 e. The van der Waals surface area contributed by atoms with Gasteiger partial charge in [0.15, 0.2) is 0 Å². The van der Waals surface area contributed by atoms with Gasteiger partial charge in [0, 0.05) is 6.61 Å². The monoisotopic (exact) mass is 170 g/mol. The van der Waals surface area contributed by atoms with E-state index >= 15 is 0 Å². The first-order valence-electron chi connectivity index (χ1n) is 3.16. The molecule has 11 heavy (non-hydrogen) atoms. The Hall–Kier alpha value is -0.580. The molecule has 0 aromatic heterocycles. The molecule has 0 saturated heterocycles. The third-order valence-corrected chi connectivity index (χ3v) is 0.898. The Balaban J connectivity index is 3.54. The van der Waals surface area contributed by atoms with Crippen molar-refractivity contribution in [1.82, 2.24) is 0 Å². The zero-order valence-electron chi connectivity index (χ0n) is 6.07. The smallest absolute Gasteiger partial charge is 0.373 e. The molecule has 0 aromatic rings. The maximum atomic E-state index is 11.4. The first-order chi connectivity index (χ1) is 4.98. The Kier molecular flexibility index (Phi) is 4.10. The van der Waals surface area contributed by atoms with Gasteiger partial charge in [-0.3, -0.25) is 4.79 Å². The zero-order chi connectivity index (χ0) is 8.91. The van der Waals surface area contributed by atoms with Gasteiger partial charge in [0.1, 0.15) is 6.61 Å². The molecule has 0 heterocycles. The second-order valence-corrected chi connectivity index (χ2v) is 1.97. The third-order valence-electron chi connectivity index (χ3n) is 0.898. The van der Waals surface area contributed by atoms with Gasteiger partial charge in [-0.25, -0.2) is 0 Å². The number of carbonyl (C=O) groups excluding carboxylic acids is 1. The fraction of sp³-hybridized carbons (Fsp3) is 0.833. The van der Waals surface area contributed by atoms with Crippen LogP contribution in [0.25, 0.3) is 0 Å². The van der Waals surface area contributed by atoms with Gasteiger partial charge in [-0.2, -0.15) is 13.2 Å². The summed E-state index contributed by atoms with van der Waals surface area (Å²) in [7, 11) is 0. The van der Waals surface area contributed by atoms with E-state index < -0.39 is 18.6 Å². The van der Waals surface area contributed by atoms with Gasteiger partial charge >= 0.3 is 6.18 Å². The summed E-state index contributed by atoms with van der Waals surface area (Å²) in [5.74, 6) is -1.83. The van der Waals surface area contributed by atoms with E-state index in [4.69, 9.17) is 0 Å². The summed E-state index contributed by atoms with van der Waals surface area (Å²) in [5.41, 5.74) is 0. The van der Waals surface area contributed by atoms with E-state index in [1.54, 1.807) is 6.92 Å². The highest BCUT2D eigenvalue weighted by Crippen LogP contribution is 2.15. The average molecular weight is 170 g/mol. The first kappa shape index (κ1) is 10.4. The lowest BCUT2D eigenvalue weighted by Gasteiger charge is -2.04. The molecule has 0 spiro atoms. The van der Waals surface area contributed by atoms with E-state index in [1.807, 2.05) is 0 Å². The number of hydrogen-bond acceptors (Lipinski definition) is 2. The van der Waals surface area contributed by atoms with Crippen LogP contribution in [-0.4, -0.2) is 25.2 Å². The zero-order valence-corrected chi connectivity index (χ0v) is 6.07. The molecular weight excluding hydrogens is 161 g/mol. The molecular formula is C6H9F3O2. The van der Waals surface area contributed by atoms with Crippen molar-refractivity contribution >= 4 is 5.78 Å². The minimum atomic E-state index is -4.76. The summed E-state index contributed by atoms with van der Waals surface area (Å²) in [4.78, 5) is 10.1. The number of ether oxygens (including phenoxy) is 1. The van der Waals surface area contributed by atoms with E-state index in [9.17, 15) is 18.0 Å². The number of halogens is 3. The van der Waals surface area contributed by atoms with Crippen LogP contribution in [0.1, 0.15) is 13.3 Å². The summed E-state index contributed by atoms with van der Waals surface area (Å²) >= 11 is 0. The maximum absolute atomic E-state index is 11.4. The van der Waals surface area contributed by atoms with Crippen molar-refractivity contribution in [2.24, 2.45) is 0 Å². The number of alkyl halides is 3. The van der Waals surface area contributed by atoms with Crippen LogP contribution in [0.15, 0.2) is 0 Å². The summed E-state index contributed by atoms with van der Waals surface area (Å²) in [5, 5.41) is 0. The van der Waals surface area contributed by atoms with Gasteiger partial charge in [0.25, 0.3) is 5.78 Å². The molecule has 0 atom stereocenters. The standard InChI is InChI=1S/C6H9F3O2/c1-2-3-11-4-5(10)6(7,8)9/h2-4H2,1H3. The molecule has 0 aliphatic heterocycles. The first-order valence-corrected chi connectivity index (χ1v) is 3.16. The SMILES string of the molecule is CCCOCC(=O)C(F)(F)F. The highest BCUT2D eigenvalue weighted by molar-refractivity contribution is 5.85. The fourth-order valence-electron chi connectivity index (χ4n) is 0.391. The highest BCUT2D eigenvalue weighted by atomic mass is 19.4. The van der Waals surface area contributed by atoms with Crippen LogP contribution in [0.4, 0.5) is 13.2 Å². The Bertz CT molecular complexity index is 130. The molecule has 0 amide bonds. The summed E-state index contributed by atoms with van der Waals surface area (Å²) in [6, 6.07) is 0. The molecule has 0 saturated carbocycles. The van der Waals surface area contributed by atoms with Crippen LogP contribution in [0.2, 0.25) is 0 Å². The molecule has 5 heteroatoms. The predicted molar refractivity (Wildman–Crippen MR) is 32.2 cm³/mol. The van der Waals surface area contributed by atoms with Crippen LogP contribution in [0.5, 0.6) is 0 Å². The second kappa shape index (κ2) is 4.33. The number of ketones is 1. The van der Waals surface area contributed by atoms with Crippen LogP contribution in [0.3, 0.4) is 0 Å². The molecule has 0 fully saturated rings. The maximum Gasteiger partial charge on any atom is 0.452 e. The van der Waals surface area contributed by atoms with Gasteiger partial charge in [0.05, 0.1) is 0 Å². The Morgan fingerprint density at radius 1 is 1.45 bits per heavy atom.